The molecule has 1 fully saturated rings. The molecule has 0 spiro atoms. The molecular formula is C23H27N3O4. The summed E-state index contributed by atoms with van der Waals surface area (Å²) in [5, 5.41) is 0. The van der Waals surface area contributed by atoms with Gasteiger partial charge >= 0.3 is 0 Å². The van der Waals surface area contributed by atoms with E-state index in [0.717, 1.165) is 48.4 Å². The van der Waals surface area contributed by atoms with Crippen LogP contribution in [0.4, 0.5) is 0 Å². The SMILES string of the molecule is COc1cc(CC(=O)N2CCC(c3nc4ccccc4[nH]3)CC2)cc(OC)c1OC. The molecular weight excluding hydrogens is 382 g/mol. The van der Waals surface area contributed by atoms with Gasteiger partial charge in [0.05, 0.1) is 38.8 Å². The first-order chi connectivity index (χ1) is 14.6. The van der Waals surface area contributed by atoms with Gasteiger partial charge in [-0.2, -0.15) is 0 Å². The summed E-state index contributed by atoms with van der Waals surface area (Å²) in [5.74, 6) is 3.12. The van der Waals surface area contributed by atoms with Crippen LogP contribution in [0.15, 0.2) is 36.4 Å². The molecule has 0 radical (unpaired) electrons. The fourth-order valence-electron chi connectivity index (χ4n) is 4.09. The highest BCUT2D eigenvalue weighted by Crippen LogP contribution is 2.38. The van der Waals surface area contributed by atoms with E-state index in [1.54, 1.807) is 21.3 Å². The molecule has 3 aromatic rings. The highest BCUT2D eigenvalue weighted by Gasteiger charge is 2.26. The minimum Gasteiger partial charge on any atom is -0.493 e. The van der Waals surface area contributed by atoms with E-state index in [2.05, 4.69) is 4.98 Å². The standard InChI is InChI=1S/C23H27N3O4/c1-28-19-12-15(13-20(29-2)22(19)30-3)14-21(27)26-10-8-16(9-11-26)23-24-17-6-4-5-7-18(17)25-23/h4-7,12-13,16H,8-11,14H2,1-3H3,(H,24,25). The lowest BCUT2D eigenvalue weighted by Gasteiger charge is -2.31. The Hall–Kier alpha value is -3.22. The van der Waals surface area contributed by atoms with Crippen molar-refractivity contribution in [2.24, 2.45) is 0 Å². The summed E-state index contributed by atoms with van der Waals surface area (Å²) in [4.78, 5) is 23.0. The van der Waals surface area contributed by atoms with Crippen LogP contribution in [0.3, 0.4) is 0 Å². The molecule has 2 aromatic carbocycles. The molecule has 1 aromatic heterocycles. The number of piperidine rings is 1. The van der Waals surface area contributed by atoms with Crippen LogP contribution < -0.4 is 14.2 Å². The number of benzene rings is 2. The summed E-state index contributed by atoms with van der Waals surface area (Å²) in [7, 11) is 4.72. The summed E-state index contributed by atoms with van der Waals surface area (Å²) >= 11 is 0. The number of hydrogen-bond donors (Lipinski definition) is 1. The van der Waals surface area contributed by atoms with Crippen LogP contribution in [-0.4, -0.2) is 55.2 Å². The van der Waals surface area contributed by atoms with Gasteiger partial charge in [-0.25, -0.2) is 4.98 Å². The third-order valence-corrected chi connectivity index (χ3v) is 5.72. The number of rotatable bonds is 6. The van der Waals surface area contributed by atoms with Crippen molar-refractivity contribution in [3.63, 3.8) is 0 Å². The average molecular weight is 409 g/mol. The second-order valence-electron chi connectivity index (χ2n) is 7.50. The maximum Gasteiger partial charge on any atom is 0.226 e. The van der Waals surface area contributed by atoms with Crippen molar-refractivity contribution < 1.29 is 19.0 Å². The summed E-state index contributed by atoms with van der Waals surface area (Å²) < 4.78 is 16.1. The molecule has 1 amide bonds. The van der Waals surface area contributed by atoms with Crippen LogP contribution in [0.5, 0.6) is 17.2 Å². The van der Waals surface area contributed by atoms with Gasteiger partial charge in [0.2, 0.25) is 11.7 Å². The minimum atomic E-state index is 0.104. The van der Waals surface area contributed by atoms with E-state index < -0.39 is 0 Å². The maximum absolute atomic E-state index is 12.9. The number of methoxy groups -OCH3 is 3. The van der Waals surface area contributed by atoms with E-state index >= 15 is 0 Å². The maximum atomic E-state index is 12.9. The predicted molar refractivity (Wildman–Crippen MR) is 114 cm³/mol. The highest BCUT2D eigenvalue weighted by molar-refractivity contribution is 5.79. The number of hydrogen-bond acceptors (Lipinski definition) is 5. The van der Waals surface area contributed by atoms with Crippen molar-refractivity contribution in [1.82, 2.24) is 14.9 Å². The number of likely N-dealkylation sites (tertiary alicyclic amines) is 1. The number of carbonyl (C=O) groups is 1. The van der Waals surface area contributed by atoms with Crippen LogP contribution >= 0.6 is 0 Å². The van der Waals surface area contributed by atoms with Crippen LogP contribution in [0.2, 0.25) is 0 Å². The number of H-pyrrole nitrogens is 1. The van der Waals surface area contributed by atoms with Crippen molar-refractivity contribution in [3.05, 3.63) is 47.8 Å². The third-order valence-electron chi connectivity index (χ3n) is 5.72. The van der Waals surface area contributed by atoms with E-state index in [-0.39, 0.29) is 5.91 Å². The number of aromatic amines is 1. The lowest BCUT2D eigenvalue weighted by atomic mass is 9.95. The molecule has 7 nitrogen and oxygen atoms in total. The first-order valence-electron chi connectivity index (χ1n) is 10.1. The van der Waals surface area contributed by atoms with Gasteiger partial charge in [-0.05, 0) is 42.7 Å². The van der Waals surface area contributed by atoms with Gasteiger partial charge < -0.3 is 24.1 Å². The van der Waals surface area contributed by atoms with E-state index in [1.165, 1.54) is 0 Å². The van der Waals surface area contributed by atoms with Gasteiger partial charge in [0.25, 0.3) is 0 Å². The fourth-order valence-corrected chi connectivity index (χ4v) is 4.09. The minimum absolute atomic E-state index is 0.104. The summed E-state index contributed by atoms with van der Waals surface area (Å²) in [5.41, 5.74) is 2.90. The van der Waals surface area contributed by atoms with Gasteiger partial charge in [0.15, 0.2) is 11.5 Å². The second-order valence-corrected chi connectivity index (χ2v) is 7.50. The topological polar surface area (TPSA) is 76.7 Å². The van der Waals surface area contributed by atoms with Gasteiger partial charge in [-0.3, -0.25) is 4.79 Å². The quantitative estimate of drug-likeness (QED) is 0.674. The average Bonchev–Trinajstić information content (AvgIpc) is 3.22. The zero-order chi connectivity index (χ0) is 21.1. The van der Waals surface area contributed by atoms with Gasteiger partial charge in [-0.1, -0.05) is 12.1 Å². The molecule has 0 aliphatic carbocycles. The Morgan fingerprint density at radius 3 is 2.33 bits per heavy atom. The molecule has 30 heavy (non-hydrogen) atoms. The van der Waals surface area contributed by atoms with Crippen molar-refractivity contribution in [2.45, 2.75) is 25.2 Å². The van der Waals surface area contributed by atoms with E-state index in [1.807, 2.05) is 41.3 Å². The zero-order valence-corrected chi connectivity index (χ0v) is 17.6. The first-order valence-corrected chi connectivity index (χ1v) is 10.1. The Kier molecular flexibility index (Phi) is 5.79. The lowest BCUT2D eigenvalue weighted by Crippen LogP contribution is -2.39. The van der Waals surface area contributed by atoms with E-state index in [0.29, 0.717) is 29.6 Å². The molecule has 0 atom stereocenters. The van der Waals surface area contributed by atoms with Gasteiger partial charge in [0, 0.05) is 19.0 Å². The number of amides is 1. The second kappa shape index (κ2) is 8.65. The van der Waals surface area contributed by atoms with E-state index in [4.69, 9.17) is 19.2 Å². The number of carbonyl (C=O) groups excluding carboxylic acids is 1. The molecule has 158 valence electrons. The Morgan fingerprint density at radius 2 is 1.73 bits per heavy atom. The molecule has 1 aliphatic heterocycles. The summed E-state index contributed by atoms with van der Waals surface area (Å²) in [6.45, 7) is 1.45. The van der Waals surface area contributed by atoms with Crippen molar-refractivity contribution in [2.75, 3.05) is 34.4 Å². The number of nitrogens with one attached hydrogen (secondary N) is 1. The highest BCUT2D eigenvalue weighted by atomic mass is 16.5. The van der Waals surface area contributed by atoms with Crippen LogP contribution in [-0.2, 0) is 11.2 Å². The predicted octanol–water partition coefficient (Wildman–Crippen LogP) is 3.54. The van der Waals surface area contributed by atoms with Crippen molar-refractivity contribution >= 4 is 16.9 Å². The van der Waals surface area contributed by atoms with Crippen LogP contribution in [0.25, 0.3) is 11.0 Å². The van der Waals surface area contributed by atoms with Gasteiger partial charge in [0.1, 0.15) is 5.82 Å². The molecule has 7 heteroatoms. The number of aromatic nitrogens is 2. The van der Waals surface area contributed by atoms with E-state index in [9.17, 15) is 4.79 Å². The van der Waals surface area contributed by atoms with Crippen LogP contribution in [0.1, 0.15) is 30.1 Å². The number of imidazole rings is 1. The fraction of sp³-hybridized carbons (Fsp3) is 0.391. The zero-order valence-electron chi connectivity index (χ0n) is 17.6. The molecule has 1 aliphatic rings. The largest absolute Gasteiger partial charge is 0.493 e. The number of ether oxygens (including phenoxy) is 3. The number of nitrogens with zero attached hydrogens (tertiary/aromatic N) is 2. The monoisotopic (exact) mass is 409 g/mol. The Labute approximate surface area is 176 Å². The Balaban J connectivity index is 1.41. The smallest absolute Gasteiger partial charge is 0.226 e. The summed E-state index contributed by atoms with van der Waals surface area (Å²) in [6.07, 6.45) is 2.10. The normalized spacial score (nSPS) is 14.7. The molecule has 4 rings (SSSR count). The third kappa shape index (κ3) is 3.92. The van der Waals surface area contributed by atoms with Crippen molar-refractivity contribution in [1.29, 1.82) is 0 Å². The molecule has 1 N–H and O–H groups in total. The molecule has 0 bridgehead atoms. The van der Waals surface area contributed by atoms with Crippen molar-refractivity contribution in [3.8, 4) is 17.2 Å². The van der Waals surface area contributed by atoms with Gasteiger partial charge in [-0.15, -0.1) is 0 Å². The molecule has 0 saturated carbocycles. The molecule has 2 heterocycles. The Morgan fingerprint density at radius 1 is 1.07 bits per heavy atom. The number of fused-ring (bicyclic) bond motifs is 1. The van der Waals surface area contributed by atoms with Crippen LogP contribution in [0, 0.1) is 0 Å². The first kappa shape index (κ1) is 20.1. The molecule has 0 unspecified atom stereocenters. The Bertz CT molecular complexity index is 980. The lowest BCUT2D eigenvalue weighted by molar-refractivity contribution is -0.131. The summed E-state index contributed by atoms with van der Waals surface area (Å²) in [6, 6.07) is 11.7. The molecule has 1 saturated heterocycles. The number of para-hydroxylation sites is 2.